The first kappa shape index (κ1) is 20.1. The zero-order valence-corrected chi connectivity index (χ0v) is 17.9. The Balaban J connectivity index is 1.73. The van der Waals surface area contributed by atoms with Crippen LogP contribution in [0.2, 0.25) is 0 Å². The predicted octanol–water partition coefficient (Wildman–Crippen LogP) is -0.302. The molecule has 8 heteroatoms. The summed E-state index contributed by atoms with van der Waals surface area (Å²) in [5.41, 5.74) is 1.18. The van der Waals surface area contributed by atoms with Crippen molar-refractivity contribution < 1.29 is 19.3 Å². The standard InChI is InChI=1S/C21H32N6O2/c1-25-11-13-26(14-12-25)20(16-9-10-18(28-2)19(15-16)29-3)21-22-23-24-27(21)17-7-5-4-6-8-17/h9-10,15,17,20H,4-8,11-14H2,1-3H3/p+2/t20-/m0/s1. The molecule has 1 aliphatic heterocycles. The Labute approximate surface area is 172 Å². The van der Waals surface area contributed by atoms with Crippen molar-refractivity contribution in [3.63, 3.8) is 0 Å². The van der Waals surface area contributed by atoms with Gasteiger partial charge in [-0.25, -0.2) is 4.68 Å². The minimum atomic E-state index is 0.0971. The van der Waals surface area contributed by atoms with Crippen LogP contribution >= 0.6 is 0 Å². The van der Waals surface area contributed by atoms with Crippen LogP contribution in [0.3, 0.4) is 0 Å². The van der Waals surface area contributed by atoms with Crippen LogP contribution in [0.25, 0.3) is 0 Å². The number of aromatic nitrogens is 4. The largest absolute Gasteiger partial charge is 0.493 e. The molecule has 1 saturated heterocycles. The molecule has 2 heterocycles. The molecule has 1 saturated carbocycles. The minimum Gasteiger partial charge on any atom is -0.493 e. The average Bonchev–Trinajstić information content (AvgIpc) is 3.25. The maximum atomic E-state index is 5.60. The van der Waals surface area contributed by atoms with E-state index < -0.39 is 0 Å². The second-order valence-electron chi connectivity index (χ2n) is 8.44. The second kappa shape index (κ2) is 9.09. The number of methoxy groups -OCH3 is 2. The van der Waals surface area contributed by atoms with Gasteiger partial charge in [0.2, 0.25) is 5.82 Å². The van der Waals surface area contributed by atoms with Crippen LogP contribution < -0.4 is 19.3 Å². The number of hydrogen-bond acceptors (Lipinski definition) is 5. The summed E-state index contributed by atoms with van der Waals surface area (Å²) in [4.78, 5) is 3.11. The summed E-state index contributed by atoms with van der Waals surface area (Å²) >= 11 is 0. The molecule has 2 N–H and O–H groups in total. The molecule has 0 spiro atoms. The summed E-state index contributed by atoms with van der Waals surface area (Å²) in [7, 11) is 5.64. The number of tetrazole rings is 1. The topological polar surface area (TPSA) is 70.9 Å². The third-order valence-corrected chi connectivity index (χ3v) is 6.59. The van der Waals surface area contributed by atoms with Gasteiger partial charge < -0.3 is 19.3 Å². The number of benzene rings is 1. The smallest absolute Gasteiger partial charge is 0.214 e. The van der Waals surface area contributed by atoms with Gasteiger partial charge in [0.15, 0.2) is 17.5 Å². The van der Waals surface area contributed by atoms with Gasteiger partial charge in [-0.3, -0.25) is 0 Å². The highest BCUT2D eigenvalue weighted by Crippen LogP contribution is 2.33. The first-order chi connectivity index (χ1) is 14.2. The second-order valence-corrected chi connectivity index (χ2v) is 8.44. The lowest BCUT2D eigenvalue weighted by Gasteiger charge is -2.34. The SMILES string of the molecule is COc1ccc([C@@H](c2nnnn2C2CCCCC2)[NH+]2CC[NH+](C)CC2)cc1OC. The lowest BCUT2D eigenvalue weighted by atomic mass is 9.95. The fraction of sp³-hybridized carbons (Fsp3) is 0.667. The highest BCUT2D eigenvalue weighted by Gasteiger charge is 2.36. The summed E-state index contributed by atoms with van der Waals surface area (Å²) < 4.78 is 13.2. The van der Waals surface area contributed by atoms with E-state index in [-0.39, 0.29) is 6.04 Å². The van der Waals surface area contributed by atoms with Crippen LogP contribution in [-0.4, -0.2) is 67.7 Å². The van der Waals surface area contributed by atoms with Crippen molar-refractivity contribution in [2.75, 3.05) is 47.4 Å². The van der Waals surface area contributed by atoms with E-state index in [0.29, 0.717) is 6.04 Å². The molecule has 1 aromatic carbocycles. The Morgan fingerprint density at radius 3 is 2.41 bits per heavy atom. The lowest BCUT2D eigenvalue weighted by Crippen LogP contribution is -3.27. The molecule has 8 nitrogen and oxygen atoms in total. The Bertz CT molecular complexity index is 796. The zero-order valence-electron chi connectivity index (χ0n) is 17.9. The molecule has 0 bridgehead atoms. The number of piperazine rings is 1. The number of ether oxygens (including phenoxy) is 2. The van der Waals surface area contributed by atoms with Gasteiger partial charge >= 0.3 is 0 Å². The highest BCUT2D eigenvalue weighted by molar-refractivity contribution is 5.44. The first-order valence-electron chi connectivity index (χ1n) is 10.9. The fourth-order valence-electron chi connectivity index (χ4n) is 4.86. The Morgan fingerprint density at radius 1 is 1.00 bits per heavy atom. The molecule has 4 rings (SSSR count). The summed E-state index contributed by atoms with van der Waals surface area (Å²) in [5.74, 6) is 2.49. The molecule has 1 aliphatic carbocycles. The van der Waals surface area contributed by atoms with E-state index in [4.69, 9.17) is 9.47 Å². The van der Waals surface area contributed by atoms with Crippen LogP contribution in [0.15, 0.2) is 18.2 Å². The van der Waals surface area contributed by atoms with Gasteiger partial charge in [0.25, 0.3) is 0 Å². The van der Waals surface area contributed by atoms with Crippen molar-refractivity contribution in [3.05, 3.63) is 29.6 Å². The van der Waals surface area contributed by atoms with Gasteiger partial charge in [-0.05, 0) is 41.5 Å². The van der Waals surface area contributed by atoms with Gasteiger partial charge in [-0.1, -0.05) is 19.3 Å². The quantitative estimate of drug-likeness (QED) is 0.694. The zero-order chi connectivity index (χ0) is 20.2. The van der Waals surface area contributed by atoms with E-state index in [2.05, 4.69) is 39.4 Å². The Kier molecular flexibility index (Phi) is 6.30. The maximum Gasteiger partial charge on any atom is 0.214 e. The number of likely N-dealkylation sites (N-methyl/N-ethyl adjacent to an activating group) is 1. The van der Waals surface area contributed by atoms with Crippen molar-refractivity contribution in [2.45, 2.75) is 44.2 Å². The minimum absolute atomic E-state index is 0.0971. The Morgan fingerprint density at radius 2 is 1.72 bits per heavy atom. The number of nitrogens with zero attached hydrogens (tertiary/aromatic N) is 4. The molecule has 29 heavy (non-hydrogen) atoms. The fourth-order valence-corrected chi connectivity index (χ4v) is 4.86. The molecule has 0 radical (unpaired) electrons. The molecule has 1 aromatic heterocycles. The summed E-state index contributed by atoms with van der Waals surface area (Å²) in [6, 6.07) is 6.75. The van der Waals surface area contributed by atoms with Gasteiger partial charge in [0.05, 0.1) is 27.3 Å². The van der Waals surface area contributed by atoms with Crippen LogP contribution in [0.5, 0.6) is 11.5 Å². The molecule has 1 atom stereocenters. The summed E-state index contributed by atoms with van der Waals surface area (Å²) in [5, 5.41) is 13.1. The molecule has 158 valence electrons. The third kappa shape index (κ3) is 4.23. The molecular formula is C21H34N6O2+2. The normalized spacial score (nSPS) is 24.2. The first-order valence-corrected chi connectivity index (χ1v) is 10.9. The maximum absolute atomic E-state index is 5.60. The molecule has 2 fully saturated rings. The van der Waals surface area contributed by atoms with E-state index in [1.165, 1.54) is 42.6 Å². The average molecular weight is 403 g/mol. The number of nitrogens with one attached hydrogen (secondary N) is 2. The van der Waals surface area contributed by atoms with Gasteiger partial charge in [-0.2, -0.15) is 0 Å². The van der Waals surface area contributed by atoms with Crippen LogP contribution in [0.1, 0.15) is 55.6 Å². The summed E-state index contributed by atoms with van der Waals surface area (Å²) in [6.45, 7) is 4.51. The Hall–Kier alpha value is -2.19. The molecule has 2 aromatic rings. The van der Waals surface area contributed by atoms with E-state index in [0.717, 1.165) is 43.5 Å². The number of quaternary nitrogens is 2. The molecule has 0 amide bonds. The van der Waals surface area contributed by atoms with Crippen molar-refractivity contribution >= 4 is 0 Å². The summed E-state index contributed by atoms with van der Waals surface area (Å²) in [6.07, 6.45) is 6.17. The van der Waals surface area contributed by atoms with Crippen molar-refractivity contribution in [2.24, 2.45) is 0 Å². The molecule has 0 unspecified atom stereocenters. The number of hydrogen-bond donors (Lipinski definition) is 2. The van der Waals surface area contributed by atoms with E-state index in [1.54, 1.807) is 19.1 Å². The van der Waals surface area contributed by atoms with Crippen molar-refractivity contribution in [1.82, 2.24) is 20.2 Å². The van der Waals surface area contributed by atoms with Crippen LogP contribution in [-0.2, 0) is 0 Å². The number of rotatable bonds is 6. The van der Waals surface area contributed by atoms with Crippen molar-refractivity contribution in [3.8, 4) is 11.5 Å². The van der Waals surface area contributed by atoms with E-state index in [1.807, 2.05) is 6.07 Å². The predicted molar refractivity (Wildman–Crippen MR) is 109 cm³/mol. The monoisotopic (exact) mass is 402 g/mol. The van der Waals surface area contributed by atoms with Gasteiger partial charge in [-0.15, -0.1) is 5.10 Å². The third-order valence-electron chi connectivity index (χ3n) is 6.59. The van der Waals surface area contributed by atoms with Crippen molar-refractivity contribution in [1.29, 1.82) is 0 Å². The lowest BCUT2D eigenvalue weighted by molar-refractivity contribution is -1.02. The molecular weight excluding hydrogens is 368 g/mol. The van der Waals surface area contributed by atoms with Gasteiger partial charge in [0.1, 0.15) is 26.2 Å². The van der Waals surface area contributed by atoms with E-state index in [9.17, 15) is 0 Å². The highest BCUT2D eigenvalue weighted by atomic mass is 16.5. The molecule has 2 aliphatic rings. The van der Waals surface area contributed by atoms with Gasteiger partial charge in [0, 0.05) is 5.56 Å². The van der Waals surface area contributed by atoms with Crippen LogP contribution in [0, 0.1) is 0 Å². The van der Waals surface area contributed by atoms with E-state index >= 15 is 0 Å². The van der Waals surface area contributed by atoms with Crippen LogP contribution in [0.4, 0.5) is 0 Å².